The summed E-state index contributed by atoms with van der Waals surface area (Å²) in [4.78, 5) is 56.4. The Morgan fingerprint density at radius 2 is 1.74 bits per heavy atom. The van der Waals surface area contributed by atoms with Crippen LogP contribution in [0.5, 0.6) is 11.5 Å². The molecule has 5 amide bonds. The van der Waals surface area contributed by atoms with E-state index in [1.165, 1.54) is 11.3 Å². The molecule has 11 heteroatoms. The van der Waals surface area contributed by atoms with Gasteiger partial charge in [0.1, 0.15) is 12.1 Å². The number of piperazine rings is 1. The van der Waals surface area contributed by atoms with Crippen LogP contribution in [0, 0.1) is 0 Å². The number of carbonyl (C=O) groups excluding carboxylic acids is 4. The van der Waals surface area contributed by atoms with Gasteiger partial charge in [0, 0.05) is 32.6 Å². The number of nitrogens with zero attached hydrogens (tertiary/aromatic N) is 3. The smallest absolute Gasteiger partial charge is 0.325 e. The number of amides is 5. The molecule has 1 aromatic heterocycles. The predicted octanol–water partition coefficient (Wildman–Crippen LogP) is 1.66. The highest BCUT2D eigenvalue weighted by Crippen LogP contribution is 2.36. The van der Waals surface area contributed by atoms with Gasteiger partial charge < -0.3 is 24.6 Å². The number of benzene rings is 1. The van der Waals surface area contributed by atoms with Gasteiger partial charge in [0.15, 0.2) is 11.5 Å². The maximum Gasteiger partial charge on any atom is 0.325 e. The van der Waals surface area contributed by atoms with E-state index >= 15 is 0 Å². The highest BCUT2D eigenvalue weighted by molar-refractivity contribution is 7.12. The molecule has 1 unspecified atom stereocenters. The molecular formula is C24H26N4O6S. The summed E-state index contributed by atoms with van der Waals surface area (Å²) >= 11 is 1.38. The minimum atomic E-state index is -1.33. The Hall–Kier alpha value is -3.60. The molecule has 1 aromatic carbocycles. The molecule has 10 nitrogen and oxygen atoms in total. The Balaban J connectivity index is 1.23. The van der Waals surface area contributed by atoms with Crippen molar-refractivity contribution < 1.29 is 28.7 Å². The molecule has 1 N–H and O–H groups in total. The molecule has 0 radical (unpaired) electrons. The first-order chi connectivity index (χ1) is 16.9. The molecule has 4 heterocycles. The van der Waals surface area contributed by atoms with Crippen molar-refractivity contribution in [3.63, 3.8) is 0 Å². The molecule has 3 aliphatic heterocycles. The molecule has 5 rings (SSSR count). The summed E-state index contributed by atoms with van der Waals surface area (Å²) in [6.07, 6.45) is 0.753. The van der Waals surface area contributed by atoms with Gasteiger partial charge in [-0.2, -0.15) is 0 Å². The van der Waals surface area contributed by atoms with Gasteiger partial charge in [-0.05, 0) is 36.1 Å². The molecule has 0 bridgehead atoms. The Bertz CT molecular complexity index is 1160. The van der Waals surface area contributed by atoms with E-state index in [4.69, 9.17) is 9.47 Å². The van der Waals surface area contributed by atoms with E-state index in [2.05, 4.69) is 5.32 Å². The maximum absolute atomic E-state index is 13.3. The lowest BCUT2D eigenvalue weighted by Gasteiger charge is -2.35. The Morgan fingerprint density at radius 1 is 1.03 bits per heavy atom. The van der Waals surface area contributed by atoms with Gasteiger partial charge in [-0.25, -0.2) is 4.79 Å². The summed E-state index contributed by atoms with van der Waals surface area (Å²) in [5.41, 5.74) is -0.774. The summed E-state index contributed by atoms with van der Waals surface area (Å²) in [6, 6.07) is 8.14. The Kier molecular flexibility index (Phi) is 6.10. The van der Waals surface area contributed by atoms with Crippen LogP contribution in [0.25, 0.3) is 0 Å². The third kappa shape index (κ3) is 4.31. The zero-order valence-corrected chi connectivity index (χ0v) is 20.1. The minimum Gasteiger partial charge on any atom is -0.490 e. The highest BCUT2D eigenvalue weighted by atomic mass is 32.1. The molecule has 2 fully saturated rings. The third-order valence-electron chi connectivity index (χ3n) is 6.54. The van der Waals surface area contributed by atoms with Gasteiger partial charge in [0.2, 0.25) is 5.91 Å². The molecule has 2 aromatic rings. The average molecular weight is 499 g/mol. The molecule has 3 aliphatic rings. The number of hydrogen-bond donors (Lipinski definition) is 1. The lowest BCUT2D eigenvalue weighted by Crippen LogP contribution is -2.53. The van der Waals surface area contributed by atoms with Crippen LogP contribution in [-0.2, 0) is 15.1 Å². The van der Waals surface area contributed by atoms with E-state index in [1.54, 1.807) is 41.0 Å². The summed E-state index contributed by atoms with van der Waals surface area (Å²) < 4.78 is 11.4. The van der Waals surface area contributed by atoms with E-state index < -0.39 is 17.5 Å². The van der Waals surface area contributed by atoms with Crippen molar-refractivity contribution in [2.45, 2.75) is 18.9 Å². The van der Waals surface area contributed by atoms with Crippen LogP contribution in [0.4, 0.5) is 4.79 Å². The van der Waals surface area contributed by atoms with Gasteiger partial charge in [0.25, 0.3) is 11.8 Å². The zero-order valence-electron chi connectivity index (χ0n) is 19.3. The number of rotatable bonds is 4. The van der Waals surface area contributed by atoms with Crippen molar-refractivity contribution in [2.75, 3.05) is 45.9 Å². The van der Waals surface area contributed by atoms with Crippen LogP contribution >= 0.6 is 11.3 Å². The van der Waals surface area contributed by atoms with Crippen molar-refractivity contribution in [3.8, 4) is 11.5 Å². The topological polar surface area (TPSA) is 108 Å². The lowest BCUT2D eigenvalue weighted by atomic mass is 9.91. The number of hydrogen-bond acceptors (Lipinski definition) is 7. The quantitative estimate of drug-likeness (QED) is 0.643. The number of fused-ring (bicyclic) bond motifs is 1. The van der Waals surface area contributed by atoms with Gasteiger partial charge >= 0.3 is 6.03 Å². The number of imide groups is 1. The minimum absolute atomic E-state index is 0.0490. The molecule has 1 atom stereocenters. The largest absolute Gasteiger partial charge is 0.490 e. The number of thiophene rings is 1. The first kappa shape index (κ1) is 23.2. The molecule has 184 valence electrons. The molecule has 35 heavy (non-hydrogen) atoms. The summed E-state index contributed by atoms with van der Waals surface area (Å²) in [6.45, 7) is 3.80. The van der Waals surface area contributed by atoms with Crippen molar-refractivity contribution in [3.05, 3.63) is 46.2 Å². The average Bonchev–Trinajstić information content (AvgIpc) is 3.39. The molecule has 0 aliphatic carbocycles. The lowest BCUT2D eigenvalue weighted by molar-refractivity contribution is -0.139. The second-order valence-electron chi connectivity index (χ2n) is 8.81. The number of carbonyl (C=O) groups is 4. The second kappa shape index (κ2) is 9.21. The van der Waals surface area contributed by atoms with Crippen molar-refractivity contribution in [1.29, 1.82) is 0 Å². The normalized spacial score (nSPS) is 22.1. The maximum atomic E-state index is 13.3. The monoisotopic (exact) mass is 498 g/mol. The van der Waals surface area contributed by atoms with E-state index in [1.807, 2.05) is 11.4 Å². The summed E-state index contributed by atoms with van der Waals surface area (Å²) in [5.74, 6) is 0.228. The van der Waals surface area contributed by atoms with E-state index in [0.717, 1.165) is 11.3 Å². The Morgan fingerprint density at radius 3 is 2.46 bits per heavy atom. The molecule has 0 spiro atoms. The van der Waals surface area contributed by atoms with Crippen LogP contribution < -0.4 is 14.8 Å². The van der Waals surface area contributed by atoms with Gasteiger partial charge in [-0.3, -0.25) is 19.3 Å². The summed E-state index contributed by atoms with van der Waals surface area (Å²) in [7, 11) is 0. The van der Waals surface area contributed by atoms with Gasteiger partial charge in [-0.15, -0.1) is 11.3 Å². The van der Waals surface area contributed by atoms with Gasteiger partial charge in [0.05, 0.1) is 18.1 Å². The molecule has 0 saturated carbocycles. The first-order valence-electron chi connectivity index (χ1n) is 11.5. The second-order valence-corrected chi connectivity index (χ2v) is 9.76. The number of nitrogens with one attached hydrogen (secondary N) is 1. The van der Waals surface area contributed by atoms with Crippen LogP contribution in [-0.4, -0.2) is 84.4 Å². The van der Waals surface area contributed by atoms with Crippen molar-refractivity contribution >= 4 is 35.1 Å². The van der Waals surface area contributed by atoms with Crippen molar-refractivity contribution in [2.24, 2.45) is 0 Å². The highest BCUT2D eigenvalue weighted by Gasteiger charge is 2.50. The van der Waals surface area contributed by atoms with Crippen LogP contribution in [0.15, 0.2) is 35.7 Å². The summed E-state index contributed by atoms with van der Waals surface area (Å²) in [5, 5.41) is 4.59. The predicted molar refractivity (Wildman–Crippen MR) is 126 cm³/mol. The Labute approximate surface area is 206 Å². The van der Waals surface area contributed by atoms with Crippen LogP contribution in [0.2, 0.25) is 0 Å². The van der Waals surface area contributed by atoms with E-state index in [9.17, 15) is 19.2 Å². The van der Waals surface area contributed by atoms with Gasteiger partial charge in [-0.1, -0.05) is 12.1 Å². The number of urea groups is 1. The van der Waals surface area contributed by atoms with Crippen LogP contribution in [0.3, 0.4) is 0 Å². The SMILES string of the molecule is CC1(c2ccc3c(c2)OCCCO3)NC(=O)N(CC(=O)N2CCN(C(=O)c3cccs3)CC2)C1=O. The molecular weight excluding hydrogens is 472 g/mol. The standard InChI is InChI=1S/C24H26N4O6S/c1-24(16-5-6-17-18(14-16)34-12-3-11-33-17)22(31)28(23(32)25-24)15-20(29)26-7-9-27(10-8-26)21(30)19-4-2-13-35-19/h2,4-6,13-14H,3,7-12,15H2,1H3,(H,25,32). The van der Waals surface area contributed by atoms with E-state index in [0.29, 0.717) is 61.3 Å². The van der Waals surface area contributed by atoms with E-state index in [-0.39, 0.29) is 18.4 Å². The fraction of sp³-hybridized carbons (Fsp3) is 0.417. The first-order valence-corrected chi connectivity index (χ1v) is 12.4. The van der Waals surface area contributed by atoms with Crippen molar-refractivity contribution in [1.82, 2.24) is 20.0 Å². The fourth-order valence-electron chi connectivity index (χ4n) is 4.46. The third-order valence-corrected chi connectivity index (χ3v) is 7.40. The molecule has 2 saturated heterocycles. The van der Waals surface area contributed by atoms with Crippen LogP contribution in [0.1, 0.15) is 28.6 Å². The number of ether oxygens (including phenoxy) is 2. The fourth-order valence-corrected chi connectivity index (χ4v) is 5.15. The zero-order chi connectivity index (χ0) is 24.6.